The highest BCUT2D eigenvalue weighted by atomic mass is 32.8. The van der Waals surface area contributed by atoms with E-state index < -0.39 is 45.9 Å². The van der Waals surface area contributed by atoms with Crippen molar-refractivity contribution >= 4 is 20.0 Å². The Hall–Kier alpha value is 0.130. The average molecular weight is 302 g/mol. The van der Waals surface area contributed by atoms with E-state index in [2.05, 4.69) is 11.2 Å². The van der Waals surface area contributed by atoms with Gasteiger partial charge in [-0.05, 0) is 0 Å². The first-order valence-corrected chi connectivity index (χ1v) is 8.23. The molecule has 7 nitrogen and oxygen atoms in total. The van der Waals surface area contributed by atoms with Crippen LogP contribution in [0.25, 0.3) is 0 Å². The van der Waals surface area contributed by atoms with E-state index in [0.29, 0.717) is 0 Å². The molecule has 0 bridgehead atoms. The fourth-order valence-electron chi connectivity index (χ4n) is 1.73. The molecule has 6 atom stereocenters. The lowest BCUT2D eigenvalue weighted by molar-refractivity contribution is -0.231. The molecule has 108 valence electrons. The molecule has 0 aromatic carbocycles. The first kappa shape index (κ1) is 16.2. The summed E-state index contributed by atoms with van der Waals surface area (Å²) in [4.78, 5) is 0. The Labute approximate surface area is 110 Å². The molecule has 1 aliphatic rings. The molecule has 0 radical (unpaired) electrons. The van der Waals surface area contributed by atoms with Crippen molar-refractivity contribution in [2.75, 3.05) is 19.5 Å². The van der Waals surface area contributed by atoms with Crippen molar-refractivity contribution in [3.05, 3.63) is 0 Å². The summed E-state index contributed by atoms with van der Waals surface area (Å²) in [6.45, 7) is -0.491. The largest absolute Gasteiger partial charge is 0.394 e. The van der Waals surface area contributed by atoms with E-state index in [1.807, 2.05) is 0 Å². The predicted octanol–water partition coefficient (Wildman–Crippen LogP) is -2.47. The maximum absolute atomic E-state index is 11.1. The first-order valence-electron chi connectivity index (χ1n) is 5.41. The Kier molecular flexibility index (Phi) is 5.87. The number of ether oxygens (including phenoxy) is 1. The summed E-state index contributed by atoms with van der Waals surface area (Å²) in [5, 5.41) is 37.7. The fourth-order valence-corrected chi connectivity index (χ4v) is 2.34. The molecule has 1 saturated heterocycles. The molecule has 18 heavy (non-hydrogen) atoms. The Morgan fingerprint density at radius 1 is 1.22 bits per heavy atom. The quantitative estimate of drug-likeness (QED) is 0.441. The van der Waals surface area contributed by atoms with E-state index in [-0.39, 0.29) is 13.0 Å². The lowest BCUT2D eigenvalue weighted by Gasteiger charge is -2.40. The minimum atomic E-state index is -2.75. The molecule has 0 spiro atoms. The van der Waals surface area contributed by atoms with E-state index in [1.54, 1.807) is 0 Å². The van der Waals surface area contributed by atoms with Crippen LogP contribution in [0.2, 0.25) is 0 Å². The van der Waals surface area contributed by atoms with Crippen LogP contribution in [0, 0.1) is 0 Å². The van der Waals surface area contributed by atoms with Crippen molar-refractivity contribution in [3.63, 3.8) is 0 Å². The Morgan fingerprint density at radius 2 is 1.78 bits per heavy atom. The Morgan fingerprint density at radius 3 is 2.28 bits per heavy atom. The minimum Gasteiger partial charge on any atom is -0.394 e. The predicted molar refractivity (Wildman–Crippen MR) is 65.8 cm³/mol. The standard InChI is InChI=1S/C9H18O7S2/c1-18(14,17)15-3-2-5-7(11)9(13)8(12)6(4-10)16-5/h5-13H,2-4H2,1H3/t5?,6-,7-,8-,9-,18?/m1/s1. The summed E-state index contributed by atoms with van der Waals surface area (Å²) in [6, 6.07) is 0. The van der Waals surface area contributed by atoms with Gasteiger partial charge in [-0.1, -0.05) is 0 Å². The van der Waals surface area contributed by atoms with Crippen molar-refractivity contribution < 1.29 is 33.6 Å². The number of aliphatic hydroxyl groups excluding tert-OH is 4. The van der Waals surface area contributed by atoms with E-state index in [1.165, 1.54) is 6.26 Å². The molecule has 1 fully saturated rings. The van der Waals surface area contributed by atoms with Gasteiger partial charge in [0.1, 0.15) is 33.2 Å². The average Bonchev–Trinajstić information content (AvgIpc) is 2.27. The van der Waals surface area contributed by atoms with Crippen LogP contribution in [0.5, 0.6) is 0 Å². The van der Waals surface area contributed by atoms with Gasteiger partial charge in [-0.3, -0.25) is 4.18 Å². The van der Waals surface area contributed by atoms with Crippen LogP contribution in [0.15, 0.2) is 0 Å². The van der Waals surface area contributed by atoms with Crippen molar-refractivity contribution in [2.45, 2.75) is 36.9 Å². The van der Waals surface area contributed by atoms with Crippen molar-refractivity contribution in [3.8, 4) is 0 Å². The summed E-state index contributed by atoms with van der Waals surface area (Å²) < 4.78 is 21.2. The Bertz CT molecular complexity index is 356. The van der Waals surface area contributed by atoms with Gasteiger partial charge in [-0.2, -0.15) is 0 Å². The van der Waals surface area contributed by atoms with Gasteiger partial charge in [-0.15, -0.1) is 0 Å². The van der Waals surface area contributed by atoms with Crippen LogP contribution >= 0.6 is 0 Å². The van der Waals surface area contributed by atoms with E-state index in [4.69, 9.17) is 14.0 Å². The molecule has 0 aromatic rings. The highest BCUT2D eigenvalue weighted by Crippen LogP contribution is 2.23. The lowest BCUT2D eigenvalue weighted by atomic mass is 9.94. The van der Waals surface area contributed by atoms with Gasteiger partial charge in [-0.25, -0.2) is 4.21 Å². The summed E-state index contributed by atoms with van der Waals surface area (Å²) in [5.41, 5.74) is 0. The lowest BCUT2D eigenvalue weighted by Crippen LogP contribution is -2.58. The number of hydrogen-bond acceptors (Lipinski definition) is 8. The van der Waals surface area contributed by atoms with E-state index in [0.717, 1.165) is 0 Å². The van der Waals surface area contributed by atoms with Gasteiger partial charge in [0.2, 0.25) is 0 Å². The highest BCUT2D eigenvalue weighted by Gasteiger charge is 2.42. The normalized spacial score (nSPS) is 40.4. The first-order chi connectivity index (χ1) is 8.26. The van der Waals surface area contributed by atoms with Gasteiger partial charge in [0.05, 0.1) is 19.3 Å². The summed E-state index contributed by atoms with van der Waals surface area (Å²) >= 11 is 4.54. The molecule has 4 N–H and O–H groups in total. The zero-order chi connectivity index (χ0) is 13.9. The van der Waals surface area contributed by atoms with E-state index >= 15 is 0 Å². The number of hydrogen-bond donors (Lipinski definition) is 4. The highest BCUT2D eigenvalue weighted by molar-refractivity contribution is 8.29. The number of rotatable bonds is 5. The van der Waals surface area contributed by atoms with Crippen molar-refractivity contribution in [1.82, 2.24) is 0 Å². The van der Waals surface area contributed by atoms with Crippen molar-refractivity contribution in [2.24, 2.45) is 0 Å². The zero-order valence-corrected chi connectivity index (χ0v) is 11.5. The summed E-state index contributed by atoms with van der Waals surface area (Å²) in [6.07, 6.45) is -4.45. The SMILES string of the molecule is CS(=O)(=S)OCCC1O[C@H](CO)[C@@H](O)[C@H](O)[C@@H]1O. The summed E-state index contributed by atoms with van der Waals surface area (Å²) in [5.74, 6) is 0. The van der Waals surface area contributed by atoms with Gasteiger partial charge in [0.15, 0.2) is 0 Å². The van der Waals surface area contributed by atoms with Gasteiger partial charge in [0, 0.05) is 23.9 Å². The van der Waals surface area contributed by atoms with Crippen LogP contribution in [-0.2, 0) is 28.9 Å². The molecule has 0 amide bonds. The molecule has 0 aliphatic carbocycles. The third-order valence-electron chi connectivity index (χ3n) is 2.69. The topological polar surface area (TPSA) is 116 Å². The zero-order valence-electron chi connectivity index (χ0n) is 9.84. The molecule has 2 unspecified atom stereocenters. The molecule has 1 heterocycles. The third-order valence-corrected chi connectivity index (χ3v) is 3.57. The molecule has 1 aliphatic heterocycles. The Balaban J connectivity index is 2.54. The number of aliphatic hydroxyl groups is 4. The van der Waals surface area contributed by atoms with Gasteiger partial charge >= 0.3 is 0 Å². The maximum Gasteiger partial charge on any atom is 0.141 e. The van der Waals surface area contributed by atoms with Crippen LogP contribution in [0.3, 0.4) is 0 Å². The second-order valence-corrected chi connectivity index (χ2v) is 7.64. The second kappa shape index (κ2) is 6.53. The van der Waals surface area contributed by atoms with Crippen LogP contribution < -0.4 is 0 Å². The van der Waals surface area contributed by atoms with Crippen LogP contribution in [0.4, 0.5) is 0 Å². The van der Waals surface area contributed by atoms with Crippen LogP contribution in [-0.4, -0.2) is 74.6 Å². The van der Waals surface area contributed by atoms with Gasteiger partial charge < -0.3 is 25.2 Å². The van der Waals surface area contributed by atoms with Gasteiger partial charge in [0.25, 0.3) is 0 Å². The molecule has 9 heteroatoms. The smallest absolute Gasteiger partial charge is 0.141 e. The fraction of sp³-hybridized carbons (Fsp3) is 1.00. The molecule has 1 rings (SSSR count). The molecular weight excluding hydrogens is 284 g/mol. The molecular formula is C9H18O7S2. The maximum atomic E-state index is 11.1. The second-order valence-electron chi connectivity index (χ2n) is 4.18. The third kappa shape index (κ3) is 4.35. The molecule has 0 aromatic heterocycles. The van der Waals surface area contributed by atoms with E-state index in [9.17, 15) is 19.5 Å². The van der Waals surface area contributed by atoms with Crippen LogP contribution in [0.1, 0.15) is 6.42 Å². The summed E-state index contributed by atoms with van der Waals surface area (Å²) in [7, 11) is -2.75. The molecule has 0 saturated carbocycles. The minimum absolute atomic E-state index is 0.0124. The van der Waals surface area contributed by atoms with Crippen molar-refractivity contribution in [1.29, 1.82) is 0 Å². The monoisotopic (exact) mass is 302 g/mol.